The normalized spacial score (nSPS) is 11.5. The van der Waals surface area contributed by atoms with E-state index in [0.29, 0.717) is 37.0 Å². The lowest BCUT2D eigenvalue weighted by Crippen LogP contribution is -2.45. The minimum absolute atomic E-state index is 0.135. The van der Waals surface area contributed by atoms with E-state index in [1.165, 1.54) is 4.90 Å². The van der Waals surface area contributed by atoms with E-state index in [1.54, 1.807) is 66.7 Å². The van der Waals surface area contributed by atoms with Crippen molar-refractivity contribution in [3.8, 4) is 5.75 Å². The largest absolute Gasteiger partial charge is 0.482 e. The molecule has 2 amide bonds. The molecule has 0 aliphatic rings. The molecule has 1 unspecified atom stereocenters. The third-order valence-corrected chi connectivity index (χ3v) is 7.07. The fourth-order valence-corrected chi connectivity index (χ4v) is 4.74. The third-order valence-electron chi connectivity index (χ3n) is 5.92. The number of hydrogen-bond acceptors (Lipinski definition) is 3. The molecule has 0 aliphatic heterocycles. The van der Waals surface area contributed by atoms with E-state index in [4.69, 9.17) is 51.1 Å². The van der Waals surface area contributed by atoms with Crippen LogP contribution in [-0.2, 0) is 22.7 Å². The SMILES string of the molecule is O=C(NCc1ccc(Cl)cc1Cl)C(c1ccccc1)N(Cc1ccc(Cl)cc1)C(=O)COc1ccccc1Cl. The first-order valence-electron chi connectivity index (χ1n) is 12.0. The molecule has 1 N–H and O–H groups in total. The lowest BCUT2D eigenvalue weighted by molar-refractivity contribution is -0.143. The summed E-state index contributed by atoms with van der Waals surface area (Å²) < 4.78 is 5.75. The Morgan fingerprint density at radius 2 is 1.44 bits per heavy atom. The molecule has 0 bridgehead atoms. The summed E-state index contributed by atoms with van der Waals surface area (Å²) >= 11 is 24.6. The van der Waals surface area contributed by atoms with Gasteiger partial charge in [-0.15, -0.1) is 0 Å². The van der Waals surface area contributed by atoms with E-state index in [-0.39, 0.29) is 25.6 Å². The summed E-state index contributed by atoms with van der Waals surface area (Å²) in [7, 11) is 0. The predicted molar refractivity (Wildman–Crippen MR) is 156 cm³/mol. The minimum atomic E-state index is -0.963. The topological polar surface area (TPSA) is 58.6 Å². The van der Waals surface area contributed by atoms with Crippen LogP contribution in [0.5, 0.6) is 5.75 Å². The molecule has 0 saturated carbocycles. The number of benzene rings is 4. The highest BCUT2D eigenvalue weighted by Gasteiger charge is 2.32. The van der Waals surface area contributed by atoms with Crippen LogP contribution >= 0.6 is 46.4 Å². The molecule has 0 fully saturated rings. The third kappa shape index (κ3) is 7.90. The van der Waals surface area contributed by atoms with Crippen molar-refractivity contribution in [1.82, 2.24) is 10.2 Å². The monoisotopic (exact) mass is 600 g/mol. The highest BCUT2D eigenvalue weighted by atomic mass is 35.5. The van der Waals surface area contributed by atoms with Crippen molar-refractivity contribution in [3.63, 3.8) is 0 Å². The standard InChI is InChI=1S/C30H24Cl4N2O3/c31-23-13-10-20(11-14-23)18-36(28(37)19-39-27-9-5-4-8-25(27)33)29(21-6-2-1-3-7-21)30(38)35-17-22-12-15-24(32)16-26(22)34/h1-16,29H,17-19H2,(H,35,38). The van der Waals surface area contributed by atoms with Crippen molar-refractivity contribution in [2.45, 2.75) is 19.1 Å². The van der Waals surface area contributed by atoms with E-state index in [9.17, 15) is 9.59 Å². The van der Waals surface area contributed by atoms with Gasteiger partial charge in [0.25, 0.3) is 5.91 Å². The number of carbonyl (C=O) groups is 2. The molecule has 1 atom stereocenters. The lowest BCUT2D eigenvalue weighted by Gasteiger charge is -2.31. The van der Waals surface area contributed by atoms with E-state index < -0.39 is 11.9 Å². The average Bonchev–Trinajstić information content (AvgIpc) is 2.93. The van der Waals surface area contributed by atoms with Gasteiger partial charge in [0.15, 0.2) is 6.61 Å². The maximum atomic E-state index is 13.8. The highest BCUT2D eigenvalue weighted by molar-refractivity contribution is 6.35. The second-order valence-electron chi connectivity index (χ2n) is 8.63. The van der Waals surface area contributed by atoms with Gasteiger partial charge in [0, 0.05) is 28.2 Å². The van der Waals surface area contributed by atoms with Crippen LogP contribution in [0.4, 0.5) is 0 Å². The van der Waals surface area contributed by atoms with Gasteiger partial charge in [0.2, 0.25) is 5.91 Å². The van der Waals surface area contributed by atoms with Crippen LogP contribution in [0.15, 0.2) is 97.1 Å². The minimum Gasteiger partial charge on any atom is -0.482 e. The van der Waals surface area contributed by atoms with Gasteiger partial charge < -0.3 is 15.0 Å². The molecule has 39 heavy (non-hydrogen) atoms. The molecule has 0 saturated heterocycles. The van der Waals surface area contributed by atoms with Crippen molar-refractivity contribution in [2.75, 3.05) is 6.61 Å². The molecule has 4 aromatic carbocycles. The summed E-state index contributed by atoms with van der Waals surface area (Å²) in [6.07, 6.45) is 0. The summed E-state index contributed by atoms with van der Waals surface area (Å²) in [5.74, 6) is -0.414. The van der Waals surface area contributed by atoms with Crippen LogP contribution in [-0.4, -0.2) is 23.3 Å². The Morgan fingerprint density at radius 1 is 0.769 bits per heavy atom. The van der Waals surface area contributed by atoms with Crippen molar-refractivity contribution in [3.05, 3.63) is 134 Å². The molecule has 0 radical (unpaired) electrons. The highest BCUT2D eigenvalue weighted by Crippen LogP contribution is 2.27. The Morgan fingerprint density at radius 3 is 2.13 bits per heavy atom. The number of nitrogens with one attached hydrogen (secondary N) is 1. The van der Waals surface area contributed by atoms with Crippen LogP contribution < -0.4 is 10.1 Å². The van der Waals surface area contributed by atoms with Crippen molar-refractivity contribution in [2.24, 2.45) is 0 Å². The second-order valence-corrected chi connectivity index (χ2v) is 10.3. The van der Waals surface area contributed by atoms with E-state index in [0.717, 1.165) is 5.56 Å². The number of halogens is 4. The zero-order valence-electron chi connectivity index (χ0n) is 20.6. The number of ether oxygens (including phenoxy) is 1. The fourth-order valence-electron chi connectivity index (χ4n) is 3.95. The Balaban J connectivity index is 1.64. The van der Waals surface area contributed by atoms with E-state index >= 15 is 0 Å². The molecule has 0 spiro atoms. The summed E-state index contributed by atoms with van der Waals surface area (Å²) in [6.45, 7) is -0.0369. The van der Waals surface area contributed by atoms with Crippen LogP contribution in [0.2, 0.25) is 20.1 Å². The fraction of sp³-hybridized carbons (Fsp3) is 0.133. The van der Waals surface area contributed by atoms with Crippen LogP contribution in [0, 0.1) is 0 Å². The van der Waals surface area contributed by atoms with Crippen LogP contribution in [0.25, 0.3) is 0 Å². The van der Waals surface area contributed by atoms with Gasteiger partial charge in [-0.2, -0.15) is 0 Å². The predicted octanol–water partition coefficient (Wildman–Crippen LogP) is 7.77. The van der Waals surface area contributed by atoms with Gasteiger partial charge in [0.05, 0.1) is 5.02 Å². The Kier molecular flexibility index (Phi) is 10.1. The van der Waals surface area contributed by atoms with Gasteiger partial charge in [-0.1, -0.05) is 107 Å². The van der Waals surface area contributed by atoms with E-state index in [1.807, 2.05) is 30.3 Å². The molecule has 0 aliphatic carbocycles. The first-order chi connectivity index (χ1) is 18.8. The Bertz CT molecular complexity index is 1430. The first kappa shape index (κ1) is 28.8. The molecule has 4 aromatic rings. The van der Waals surface area contributed by atoms with Gasteiger partial charge >= 0.3 is 0 Å². The second kappa shape index (κ2) is 13.7. The molecule has 200 valence electrons. The molecule has 0 heterocycles. The first-order valence-corrected chi connectivity index (χ1v) is 13.5. The summed E-state index contributed by atoms with van der Waals surface area (Å²) in [5, 5.41) is 4.80. The summed E-state index contributed by atoms with van der Waals surface area (Å²) in [5.41, 5.74) is 2.12. The van der Waals surface area contributed by atoms with Gasteiger partial charge in [0.1, 0.15) is 11.8 Å². The number of nitrogens with zero attached hydrogens (tertiary/aromatic N) is 1. The van der Waals surface area contributed by atoms with Gasteiger partial charge in [-0.3, -0.25) is 9.59 Å². The Hall–Kier alpha value is -3.22. The lowest BCUT2D eigenvalue weighted by atomic mass is 10.0. The number of hydrogen-bond donors (Lipinski definition) is 1. The zero-order valence-corrected chi connectivity index (χ0v) is 23.6. The van der Waals surface area contributed by atoms with Crippen molar-refractivity contribution in [1.29, 1.82) is 0 Å². The van der Waals surface area contributed by atoms with Crippen molar-refractivity contribution >= 4 is 58.2 Å². The molecule has 5 nitrogen and oxygen atoms in total. The van der Waals surface area contributed by atoms with Gasteiger partial charge in [-0.25, -0.2) is 0 Å². The van der Waals surface area contributed by atoms with Gasteiger partial charge in [-0.05, 0) is 53.1 Å². The maximum Gasteiger partial charge on any atom is 0.261 e. The average molecular weight is 602 g/mol. The number of para-hydroxylation sites is 1. The molecular weight excluding hydrogens is 578 g/mol. The van der Waals surface area contributed by atoms with Crippen LogP contribution in [0.3, 0.4) is 0 Å². The summed E-state index contributed by atoms with van der Waals surface area (Å²) in [4.78, 5) is 28.9. The van der Waals surface area contributed by atoms with Crippen molar-refractivity contribution < 1.29 is 14.3 Å². The molecule has 0 aromatic heterocycles. The number of rotatable bonds is 10. The number of amides is 2. The molecular formula is C30H24Cl4N2O3. The molecule has 9 heteroatoms. The van der Waals surface area contributed by atoms with E-state index in [2.05, 4.69) is 5.32 Å². The zero-order chi connectivity index (χ0) is 27.8. The summed E-state index contributed by atoms with van der Waals surface area (Å²) in [6, 6.07) is 27.2. The maximum absolute atomic E-state index is 13.8. The Labute approximate surface area is 247 Å². The van der Waals surface area contributed by atoms with Crippen LogP contribution in [0.1, 0.15) is 22.7 Å². The number of carbonyl (C=O) groups excluding carboxylic acids is 2. The smallest absolute Gasteiger partial charge is 0.261 e. The molecule has 4 rings (SSSR count). The quantitative estimate of drug-likeness (QED) is 0.202.